The Hall–Kier alpha value is -1.50. The molecule has 2 aromatic rings. The molecule has 0 saturated carbocycles. The van der Waals surface area contributed by atoms with Gasteiger partial charge in [0.25, 0.3) is 0 Å². The number of hydrogen-bond acceptors (Lipinski definition) is 4. The lowest BCUT2D eigenvalue weighted by Crippen LogP contribution is -2.17. The Labute approximate surface area is 145 Å². The minimum Gasteiger partial charge on any atom is -0.326 e. The maximum Gasteiger partial charge on any atom is 0.225 e. The van der Waals surface area contributed by atoms with Crippen LogP contribution in [-0.4, -0.2) is 26.3 Å². The van der Waals surface area contributed by atoms with E-state index >= 15 is 0 Å². The Morgan fingerprint density at radius 3 is 2.52 bits per heavy atom. The van der Waals surface area contributed by atoms with Crippen molar-refractivity contribution in [1.82, 2.24) is 0 Å². The number of amides is 1. The molecule has 0 atom stereocenters. The molecule has 0 aliphatic heterocycles. The van der Waals surface area contributed by atoms with E-state index < -0.39 is 9.84 Å². The first-order valence-electron chi connectivity index (χ1n) is 6.83. The molecule has 2 aromatic carbocycles. The molecule has 4 nitrogen and oxygen atoms in total. The van der Waals surface area contributed by atoms with Gasteiger partial charge in [0.2, 0.25) is 5.91 Å². The zero-order valence-corrected chi connectivity index (χ0v) is 14.8. The van der Waals surface area contributed by atoms with E-state index in [2.05, 4.69) is 5.32 Å². The molecule has 23 heavy (non-hydrogen) atoms. The van der Waals surface area contributed by atoms with Crippen LogP contribution in [0.4, 0.5) is 5.69 Å². The maximum absolute atomic E-state index is 12.2. The maximum atomic E-state index is 12.2. The Morgan fingerprint density at radius 1 is 1.17 bits per heavy atom. The lowest BCUT2D eigenvalue weighted by molar-refractivity contribution is -0.115. The minimum atomic E-state index is -3.50. The number of sulfone groups is 1. The third-order valence-electron chi connectivity index (χ3n) is 3.12. The SMILES string of the molecule is CSc1cccc(NC(=O)CCS(=O)(=O)c2ccc(Cl)cc2)c1. The molecule has 0 radical (unpaired) electrons. The van der Waals surface area contributed by atoms with Gasteiger partial charge in [-0.3, -0.25) is 4.79 Å². The molecule has 122 valence electrons. The van der Waals surface area contributed by atoms with E-state index in [1.54, 1.807) is 17.8 Å². The van der Waals surface area contributed by atoms with Crippen LogP contribution in [0.5, 0.6) is 0 Å². The van der Waals surface area contributed by atoms with Crippen LogP contribution >= 0.6 is 23.4 Å². The molecule has 0 aliphatic carbocycles. The number of thioether (sulfide) groups is 1. The topological polar surface area (TPSA) is 63.2 Å². The van der Waals surface area contributed by atoms with Gasteiger partial charge in [-0.25, -0.2) is 8.42 Å². The van der Waals surface area contributed by atoms with Crippen molar-refractivity contribution in [2.24, 2.45) is 0 Å². The molecule has 0 spiro atoms. The number of rotatable bonds is 6. The van der Waals surface area contributed by atoms with E-state index in [1.807, 2.05) is 24.5 Å². The van der Waals surface area contributed by atoms with Gasteiger partial charge in [0, 0.05) is 22.0 Å². The number of halogens is 1. The van der Waals surface area contributed by atoms with Gasteiger partial charge in [-0.05, 0) is 48.7 Å². The third kappa shape index (κ3) is 5.27. The van der Waals surface area contributed by atoms with Crippen molar-refractivity contribution in [1.29, 1.82) is 0 Å². The van der Waals surface area contributed by atoms with Gasteiger partial charge in [-0.1, -0.05) is 17.7 Å². The molecule has 0 saturated heterocycles. The van der Waals surface area contributed by atoms with Crippen LogP contribution in [0.1, 0.15) is 6.42 Å². The molecule has 1 amide bonds. The molecule has 0 bridgehead atoms. The van der Waals surface area contributed by atoms with Crippen LogP contribution in [0.15, 0.2) is 58.3 Å². The fourth-order valence-corrected chi connectivity index (χ4v) is 3.74. The predicted molar refractivity (Wildman–Crippen MR) is 95.0 cm³/mol. The summed E-state index contributed by atoms with van der Waals surface area (Å²) in [4.78, 5) is 13.1. The highest BCUT2D eigenvalue weighted by Gasteiger charge is 2.16. The molecule has 2 rings (SSSR count). The van der Waals surface area contributed by atoms with Gasteiger partial charge in [-0.2, -0.15) is 0 Å². The summed E-state index contributed by atoms with van der Waals surface area (Å²) in [5.41, 5.74) is 0.658. The molecular weight excluding hydrogens is 354 g/mol. The molecule has 7 heteroatoms. The standard InChI is InChI=1S/C16H16ClNO3S2/c1-22-14-4-2-3-13(11-14)18-16(19)9-10-23(20,21)15-7-5-12(17)6-8-15/h2-8,11H,9-10H2,1H3,(H,18,19). The van der Waals surface area contributed by atoms with Crippen molar-refractivity contribution >= 4 is 44.8 Å². The number of carbonyl (C=O) groups excluding carboxylic acids is 1. The summed E-state index contributed by atoms with van der Waals surface area (Å²) < 4.78 is 24.3. The van der Waals surface area contributed by atoms with Gasteiger partial charge >= 0.3 is 0 Å². The van der Waals surface area contributed by atoms with Crippen LogP contribution < -0.4 is 5.32 Å². The average molecular weight is 370 g/mol. The van der Waals surface area contributed by atoms with Crippen molar-refractivity contribution in [3.63, 3.8) is 0 Å². The molecule has 0 fully saturated rings. The smallest absolute Gasteiger partial charge is 0.225 e. The first-order valence-corrected chi connectivity index (χ1v) is 10.1. The molecule has 0 aromatic heterocycles. The van der Waals surface area contributed by atoms with Crippen LogP contribution in [0.25, 0.3) is 0 Å². The van der Waals surface area contributed by atoms with E-state index in [0.29, 0.717) is 10.7 Å². The first-order chi connectivity index (χ1) is 10.9. The zero-order chi connectivity index (χ0) is 16.9. The van der Waals surface area contributed by atoms with Crippen molar-refractivity contribution in [3.8, 4) is 0 Å². The fraction of sp³-hybridized carbons (Fsp3) is 0.188. The molecule has 1 N–H and O–H groups in total. The van der Waals surface area contributed by atoms with E-state index in [9.17, 15) is 13.2 Å². The average Bonchev–Trinajstić information content (AvgIpc) is 2.54. The van der Waals surface area contributed by atoms with E-state index in [-0.39, 0.29) is 23.0 Å². The largest absolute Gasteiger partial charge is 0.326 e. The van der Waals surface area contributed by atoms with Gasteiger partial charge in [0.05, 0.1) is 10.6 Å². The van der Waals surface area contributed by atoms with E-state index in [0.717, 1.165) is 4.90 Å². The van der Waals surface area contributed by atoms with Gasteiger partial charge in [0.15, 0.2) is 9.84 Å². The van der Waals surface area contributed by atoms with E-state index in [4.69, 9.17) is 11.6 Å². The fourth-order valence-electron chi connectivity index (χ4n) is 1.91. The molecular formula is C16H16ClNO3S2. The van der Waals surface area contributed by atoms with Crippen molar-refractivity contribution in [2.75, 3.05) is 17.3 Å². The number of carbonyl (C=O) groups is 1. The van der Waals surface area contributed by atoms with Crippen molar-refractivity contribution in [3.05, 3.63) is 53.6 Å². The minimum absolute atomic E-state index is 0.103. The van der Waals surface area contributed by atoms with E-state index in [1.165, 1.54) is 24.3 Å². The summed E-state index contributed by atoms with van der Waals surface area (Å²) in [6.07, 6.45) is 1.84. The second-order valence-electron chi connectivity index (χ2n) is 4.80. The number of hydrogen-bond donors (Lipinski definition) is 1. The summed E-state index contributed by atoms with van der Waals surface area (Å²) in [6, 6.07) is 13.3. The second-order valence-corrected chi connectivity index (χ2v) is 8.23. The summed E-state index contributed by atoms with van der Waals surface area (Å²) in [7, 11) is -3.50. The van der Waals surface area contributed by atoms with Gasteiger partial charge < -0.3 is 5.32 Å². The highest BCUT2D eigenvalue weighted by atomic mass is 35.5. The van der Waals surface area contributed by atoms with Crippen molar-refractivity contribution < 1.29 is 13.2 Å². The lowest BCUT2D eigenvalue weighted by atomic mass is 10.3. The molecule has 0 heterocycles. The third-order valence-corrected chi connectivity index (χ3v) is 5.83. The van der Waals surface area contributed by atoms with Crippen LogP contribution in [0.3, 0.4) is 0 Å². The Bertz CT molecular complexity index is 789. The number of anilines is 1. The molecule has 0 unspecified atom stereocenters. The van der Waals surface area contributed by atoms with Gasteiger partial charge in [0.1, 0.15) is 0 Å². The first kappa shape index (κ1) is 17.8. The predicted octanol–water partition coefficient (Wildman–Crippen LogP) is 3.86. The second kappa shape index (κ2) is 7.86. The highest BCUT2D eigenvalue weighted by molar-refractivity contribution is 7.98. The quantitative estimate of drug-likeness (QED) is 0.785. The normalized spacial score (nSPS) is 11.2. The Balaban J connectivity index is 1.96. The van der Waals surface area contributed by atoms with Crippen LogP contribution in [-0.2, 0) is 14.6 Å². The van der Waals surface area contributed by atoms with Crippen LogP contribution in [0.2, 0.25) is 5.02 Å². The Morgan fingerprint density at radius 2 is 1.87 bits per heavy atom. The summed E-state index contributed by atoms with van der Waals surface area (Å²) >= 11 is 7.31. The van der Waals surface area contributed by atoms with Crippen molar-refractivity contribution in [2.45, 2.75) is 16.2 Å². The summed E-state index contributed by atoms with van der Waals surface area (Å²) in [6.45, 7) is 0. The molecule has 0 aliphatic rings. The van der Waals surface area contributed by atoms with Gasteiger partial charge in [-0.15, -0.1) is 11.8 Å². The lowest BCUT2D eigenvalue weighted by Gasteiger charge is -2.07. The van der Waals surface area contributed by atoms with Crippen LogP contribution in [0, 0.1) is 0 Å². The Kier molecular flexibility index (Phi) is 6.10. The number of benzene rings is 2. The zero-order valence-electron chi connectivity index (χ0n) is 12.5. The summed E-state index contributed by atoms with van der Waals surface area (Å²) in [5.74, 6) is -0.580. The highest BCUT2D eigenvalue weighted by Crippen LogP contribution is 2.19. The summed E-state index contributed by atoms with van der Waals surface area (Å²) in [5, 5.41) is 3.18. The number of nitrogens with one attached hydrogen (secondary N) is 1. The monoisotopic (exact) mass is 369 g/mol.